The summed E-state index contributed by atoms with van der Waals surface area (Å²) in [6.45, 7) is 2.41. The van der Waals surface area contributed by atoms with Crippen LogP contribution in [0.5, 0.6) is 0 Å². The summed E-state index contributed by atoms with van der Waals surface area (Å²) in [6.07, 6.45) is 6.99. The van der Waals surface area contributed by atoms with E-state index < -0.39 is 10.0 Å². The van der Waals surface area contributed by atoms with Crippen LogP contribution in [0.15, 0.2) is 64.4 Å². The normalized spacial score (nSPS) is 14.9. The first-order valence-electron chi connectivity index (χ1n) is 12.1. The SMILES string of the molecule is CSN(C)c1c(Nc2nc(Nc3ccc(S(=O)(=O)N4CCN(C)CC4)cc3)ncc2Br)ccc2nccnc12. The Kier molecular flexibility index (Phi) is 8.19. The number of benzene rings is 2. The van der Waals surface area contributed by atoms with E-state index in [1.165, 1.54) is 4.31 Å². The van der Waals surface area contributed by atoms with E-state index in [1.54, 1.807) is 54.8 Å². The number of fused-ring (bicyclic) bond motifs is 1. The zero-order valence-corrected chi connectivity index (χ0v) is 24.9. The van der Waals surface area contributed by atoms with E-state index in [9.17, 15) is 8.42 Å². The van der Waals surface area contributed by atoms with Crippen LogP contribution in [0.1, 0.15) is 0 Å². The number of nitrogens with zero attached hydrogens (tertiary/aromatic N) is 7. The van der Waals surface area contributed by atoms with Crippen molar-refractivity contribution in [3.05, 3.63) is 59.5 Å². The van der Waals surface area contributed by atoms with Gasteiger partial charge in [0.15, 0.2) is 0 Å². The number of halogens is 1. The zero-order valence-electron chi connectivity index (χ0n) is 21.7. The van der Waals surface area contributed by atoms with Gasteiger partial charge in [0.25, 0.3) is 0 Å². The van der Waals surface area contributed by atoms with Gasteiger partial charge in [-0.25, -0.2) is 13.4 Å². The lowest BCUT2D eigenvalue weighted by Crippen LogP contribution is -2.46. The Labute approximate surface area is 240 Å². The molecule has 3 heterocycles. The topological polar surface area (TPSA) is 119 Å². The third-order valence-corrected chi connectivity index (χ3v) is 9.63. The van der Waals surface area contributed by atoms with Crippen LogP contribution in [0.2, 0.25) is 0 Å². The molecule has 1 aliphatic heterocycles. The molecule has 2 aromatic heterocycles. The van der Waals surface area contributed by atoms with Gasteiger partial charge in [-0.3, -0.25) is 9.97 Å². The van der Waals surface area contributed by atoms with Gasteiger partial charge in [-0.05, 0) is 59.4 Å². The second-order valence-corrected chi connectivity index (χ2v) is 12.6. The fourth-order valence-electron chi connectivity index (χ4n) is 4.19. The summed E-state index contributed by atoms with van der Waals surface area (Å²) in [4.78, 5) is 20.4. The van der Waals surface area contributed by atoms with E-state index in [1.807, 2.05) is 36.8 Å². The molecule has 0 saturated carbocycles. The Morgan fingerprint density at radius 3 is 2.41 bits per heavy atom. The zero-order chi connectivity index (χ0) is 27.6. The van der Waals surface area contributed by atoms with Gasteiger partial charge in [0.2, 0.25) is 16.0 Å². The molecule has 1 fully saturated rings. The van der Waals surface area contributed by atoms with Crippen LogP contribution in [-0.4, -0.2) is 84.1 Å². The van der Waals surface area contributed by atoms with Gasteiger partial charge in [0.05, 0.1) is 26.3 Å². The molecule has 0 amide bonds. The summed E-state index contributed by atoms with van der Waals surface area (Å²) >= 11 is 5.10. The highest BCUT2D eigenvalue weighted by Gasteiger charge is 2.27. The van der Waals surface area contributed by atoms with E-state index in [-0.39, 0.29) is 4.90 Å². The first-order chi connectivity index (χ1) is 18.8. The van der Waals surface area contributed by atoms with Crippen molar-refractivity contribution in [2.24, 2.45) is 0 Å². The molecule has 0 aliphatic carbocycles. The maximum atomic E-state index is 13.0. The van der Waals surface area contributed by atoms with Crippen LogP contribution in [0.3, 0.4) is 0 Å². The van der Waals surface area contributed by atoms with Crippen molar-refractivity contribution >= 4 is 77.8 Å². The van der Waals surface area contributed by atoms with E-state index in [2.05, 4.69) is 51.4 Å². The summed E-state index contributed by atoms with van der Waals surface area (Å²) in [5.41, 5.74) is 3.92. The van der Waals surface area contributed by atoms with E-state index in [0.29, 0.717) is 35.0 Å². The molecule has 14 heteroatoms. The third-order valence-electron chi connectivity index (χ3n) is 6.41. The molecular weight excluding hydrogens is 602 g/mol. The number of hydrogen-bond donors (Lipinski definition) is 2. The van der Waals surface area contributed by atoms with E-state index in [4.69, 9.17) is 0 Å². The number of anilines is 5. The van der Waals surface area contributed by atoms with Crippen LogP contribution < -0.4 is 14.9 Å². The van der Waals surface area contributed by atoms with Crippen molar-refractivity contribution in [2.45, 2.75) is 4.90 Å². The van der Waals surface area contributed by atoms with Gasteiger partial charge in [0, 0.05) is 63.8 Å². The lowest BCUT2D eigenvalue weighted by Gasteiger charge is -2.31. The minimum Gasteiger partial charge on any atom is -0.337 e. The highest BCUT2D eigenvalue weighted by Crippen LogP contribution is 2.37. The maximum Gasteiger partial charge on any atom is 0.243 e. The van der Waals surface area contributed by atoms with Gasteiger partial charge >= 0.3 is 0 Å². The number of aromatic nitrogens is 4. The van der Waals surface area contributed by atoms with Gasteiger partial charge in [-0.2, -0.15) is 9.29 Å². The lowest BCUT2D eigenvalue weighted by atomic mass is 10.2. The number of rotatable bonds is 8. The molecular formula is C25H28BrN9O2S2. The molecule has 1 aliphatic rings. The monoisotopic (exact) mass is 629 g/mol. The number of sulfonamides is 1. The van der Waals surface area contributed by atoms with Crippen LogP contribution in [0.25, 0.3) is 11.0 Å². The van der Waals surface area contributed by atoms with Crippen molar-refractivity contribution in [1.29, 1.82) is 0 Å². The van der Waals surface area contributed by atoms with E-state index >= 15 is 0 Å². The van der Waals surface area contributed by atoms with Gasteiger partial charge < -0.3 is 19.8 Å². The predicted octanol–water partition coefficient (Wildman–Crippen LogP) is 4.32. The Morgan fingerprint density at radius 1 is 0.974 bits per heavy atom. The van der Waals surface area contributed by atoms with E-state index in [0.717, 1.165) is 35.5 Å². The molecule has 0 bridgehead atoms. The molecule has 39 heavy (non-hydrogen) atoms. The molecule has 11 nitrogen and oxygen atoms in total. The lowest BCUT2D eigenvalue weighted by molar-refractivity contribution is 0.222. The third kappa shape index (κ3) is 5.94. The fraction of sp³-hybridized carbons (Fsp3) is 0.280. The molecule has 0 atom stereocenters. The molecule has 0 radical (unpaired) electrons. The number of nitrogens with one attached hydrogen (secondary N) is 2. The molecule has 1 saturated heterocycles. The Balaban J connectivity index is 1.37. The Morgan fingerprint density at radius 2 is 1.69 bits per heavy atom. The maximum absolute atomic E-state index is 13.0. The number of likely N-dealkylation sites (N-methyl/N-ethyl adjacent to an activating group) is 1. The predicted molar refractivity (Wildman–Crippen MR) is 160 cm³/mol. The van der Waals surface area contributed by atoms with Crippen molar-refractivity contribution in [2.75, 3.05) is 61.5 Å². The molecule has 2 N–H and O–H groups in total. The summed E-state index contributed by atoms with van der Waals surface area (Å²) in [5.74, 6) is 0.913. The highest BCUT2D eigenvalue weighted by atomic mass is 79.9. The first-order valence-corrected chi connectivity index (χ1v) is 15.5. The Hall–Kier alpha value is -3.04. The minimum atomic E-state index is -3.53. The molecule has 0 spiro atoms. The average molecular weight is 631 g/mol. The van der Waals surface area contributed by atoms with Crippen LogP contribution in [0.4, 0.5) is 28.8 Å². The van der Waals surface area contributed by atoms with Crippen molar-refractivity contribution in [3.8, 4) is 0 Å². The second kappa shape index (κ2) is 11.6. The van der Waals surface area contributed by atoms with Crippen molar-refractivity contribution in [3.63, 3.8) is 0 Å². The molecule has 2 aromatic carbocycles. The number of piperazine rings is 1. The standard InChI is InChI=1S/C25H28BrN9O2S2/c1-33-12-14-35(15-13-33)39(36,37)18-6-4-17(5-7-18)30-25-29-16-19(26)24(32-25)31-21-9-8-20-22(28-11-10-27-20)23(21)34(2)38-3/h4-11,16H,12-15H2,1-3H3,(H2,29,30,31,32). The van der Waals surface area contributed by atoms with Gasteiger partial charge in [0.1, 0.15) is 11.3 Å². The fourth-order valence-corrected chi connectivity index (χ4v) is 6.27. The molecule has 4 aromatic rings. The highest BCUT2D eigenvalue weighted by molar-refractivity contribution is 9.10. The van der Waals surface area contributed by atoms with Crippen molar-refractivity contribution < 1.29 is 8.42 Å². The minimum absolute atomic E-state index is 0.265. The first kappa shape index (κ1) is 27.5. The molecule has 0 unspecified atom stereocenters. The quantitative estimate of drug-likeness (QED) is 0.271. The summed E-state index contributed by atoms with van der Waals surface area (Å²) in [5, 5.41) is 6.56. The van der Waals surface area contributed by atoms with Crippen molar-refractivity contribution in [1.82, 2.24) is 29.1 Å². The molecule has 204 valence electrons. The summed E-state index contributed by atoms with van der Waals surface area (Å²) in [6, 6.07) is 10.5. The van der Waals surface area contributed by atoms with Crippen LogP contribution in [-0.2, 0) is 10.0 Å². The second-order valence-electron chi connectivity index (χ2n) is 8.94. The smallest absolute Gasteiger partial charge is 0.243 e. The average Bonchev–Trinajstić information content (AvgIpc) is 2.95. The molecule has 5 rings (SSSR count). The number of hydrogen-bond acceptors (Lipinski definition) is 11. The van der Waals surface area contributed by atoms with Crippen LogP contribution in [0, 0.1) is 0 Å². The van der Waals surface area contributed by atoms with Gasteiger partial charge in [-0.15, -0.1) is 0 Å². The largest absolute Gasteiger partial charge is 0.337 e. The Bertz CT molecular complexity index is 1580. The van der Waals surface area contributed by atoms with Crippen LogP contribution >= 0.6 is 27.9 Å². The summed E-state index contributed by atoms with van der Waals surface area (Å²) in [7, 11) is 0.426. The summed E-state index contributed by atoms with van der Waals surface area (Å²) < 4.78 is 30.3. The van der Waals surface area contributed by atoms with Gasteiger partial charge in [-0.1, -0.05) is 11.9 Å².